The van der Waals surface area contributed by atoms with Crippen molar-refractivity contribution in [1.82, 2.24) is 9.78 Å². The molecule has 1 aromatic carbocycles. The Hall–Kier alpha value is -1.28. The lowest BCUT2D eigenvalue weighted by Gasteiger charge is -1.98. The van der Waals surface area contributed by atoms with Crippen molar-refractivity contribution < 1.29 is 0 Å². The molecule has 1 heterocycles. The van der Waals surface area contributed by atoms with Gasteiger partial charge in [-0.15, -0.1) is 0 Å². The molecule has 1 aromatic heterocycles. The van der Waals surface area contributed by atoms with Gasteiger partial charge in [-0.05, 0) is 31.5 Å². The maximum Gasteiger partial charge on any atom is 0.0955 e. The quantitative estimate of drug-likeness (QED) is 0.734. The van der Waals surface area contributed by atoms with Crippen molar-refractivity contribution in [2.24, 2.45) is 7.05 Å². The number of benzene rings is 1. The van der Waals surface area contributed by atoms with Crippen LogP contribution in [0.5, 0.6) is 0 Å². The van der Waals surface area contributed by atoms with Gasteiger partial charge in [0.05, 0.1) is 5.69 Å². The molecule has 0 aliphatic rings. The third-order valence-electron chi connectivity index (χ3n) is 2.73. The van der Waals surface area contributed by atoms with E-state index in [4.69, 9.17) is 11.6 Å². The summed E-state index contributed by atoms with van der Waals surface area (Å²) in [6.45, 7) is 8.15. The van der Waals surface area contributed by atoms with Gasteiger partial charge in [0.1, 0.15) is 0 Å². The monoisotopic (exact) mass is 250 g/mol. The maximum atomic E-state index is 5.96. The number of hydrogen-bond acceptors (Lipinski definition) is 1. The molecular formula is C14H19ClN2. The molecule has 0 bridgehead atoms. The Morgan fingerprint density at radius 1 is 1.18 bits per heavy atom. The minimum atomic E-state index is 0.746. The highest BCUT2D eigenvalue weighted by molar-refractivity contribution is 6.30. The summed E-state index contributed by atoms with van der Waals surface area (Å²) in [5.41, 5.74) is 4.48. The predicted octanol–water partition coefficient (Wildman–Crippen LogP) is 4.38. The van der Waals surface area contributed by atoms with Crippen molar-refractivity contribution >= 4 is 11.6 Å². The van der Waals surface area contributed by atoms with Gasteiger partial charge in [-0.25, -0.2) is 0 Å². The fourth-order valence-corrected chi connectivity index (χ4v) is 1.81. The van der Waals surface area contributed by atoms with Gasteiger partial charge >= 0.3 is 0 Å². The summed E-state index contributed by atoms with van der Waals surface area (Å²) in [4.78, 5) is 0. The van der Waals surface area contributed by atoms with Crippen LogP contribution < -0.4 is 0 Å². The minimum Gasteiger partial charge on any atom is -0.272 e. The van der Waals surface area contributed by atoms with Gasteiger partial charge in [-0.2, -0.15) is 5.10 Å². The number of nitrogens with zero attached hydrogens (tertiary/aromatic N) is 2. The maximum absolute atomic E-state index is 5.96. The molecule has 0 atom stereocenters. The molecule has 17 heavy (non-hydrogen) atoms. The average molecular weight is 251 g/mol. The minimum absolute atomic E-state index is 0.746. The normalized spacial score (nSPS) is 9.76. The molecule has 2 aromatic rings. The largest absolute Gasteiger partial charge is 0.272 e. The van der Waals surface area contributed by atoms with Gasteiger partial charge in [0.2, 0.25) is 0 Å². The summed E-state index contributed by atoms with van der Waals surface area (Å²) in [5, 5.41) is 5.22. The van der Waals surface area contributed by atoms with Crippen LogP contribution in [0.25, 0.3) is 11.3 Å². The third-order valence-corrected chi connectivity index (χ3v) is 2.97. The van der Waals surface area contributed by atoms with Crippen molar-refractivity contribution in [1.29, 1.82) is 0 Å². The van der Waals surface area contributed by atoms with Crippen LogP contribution in [0.2, 0.25) is 5.02 Å². The zero-order chi connectivity index (χ0) is 13.0. The van der Waals surface area contributed by atoms with Gasteiger partial charge in [0.25, 0.3) is 0 Å². The number of hydrogen-bond donors (Lipinski definition) is 0. The number of rotatable bonds is 1. The second kappa shape index (κ2) is 5.87. The molecule has 0 saturated carbocycles. The number of aryl methyl sites for hydroxylation is 1. The van der Waals surface area contributed by atoms with Crippen LogP contribution >= 0.6 is 11.6 Å². The third kappa shape index (κ3) is 2.89. The lowest BCUT2D eigenvalue weighted by atomic mass is 10.1. The van der Waals surface area contributed by atoms with Crippen LogP contribution in [0.3, 0.4) is 0 Å². The van der Waals surface area contributed by atoms with Crippen molar-refractivity contribution in [3.8, 4) is 11.3 Å². The highest BCUT2D eigenvalue weighted by Gasteiger charge is 2.10. The van der Waals surface area contributed by atoms with Crippen LogP contribution in [-0.4, -0.2) is 9.78 Å². The molecule has 2 rings (SSSR count). The average Bonchev–Trinajstić information content (AvgIpc) is 2.60. The molecule has 3 heteroatoms. The predicted molar refractivity (Wildman–Crippen MR) is 74.5 cm³/mol. The zero-order valence-electron chi connectivity index (χ0n) is 11.1. The van der Waals surface area contributed by atoms with Crippen LogP contribution in [0.4, 0.5) is 0 Å². The van der Waals surface area contributed by atoms with E-state index in [-0.39, 0.29) is 0 Å². The van der Waals surface area contributed by atoms with E-state index in [9.17, 15) is 0 Å². The van der Waals surface area contributed by atoms with E-state index in [2.05, 4.69) is 18.9 Å². The van der Waals surface area contributed by atoms with E-state index in [1.165, 1.54) is 11.3 Å². The molecule has 2 nitrogen and oxygen atoms in total. The van der Waals surface area contributed by atoms with E-state index in [1.54, 1.807) is 0 Å². The Labute approximate surface area is 108 Å². The molecule has 0 aliphatic carbocycles. The van der Waals surface area contributed by atoms with E-state index < -0.39 is 0 Å². The van der Waals surface area contributed by atoms with Crippen molar-refractivity contribution in [2.45, 2.75) is 27.7 Å². The Morgan fingerprint density at radius 2 is 1.82 bits per heavy atom. The van der Waals surface area contributed by atoms with Crippen LogP contribution in [0.15, 0.2) is 24.3 Å². The number of halogens is 1. The molecule has 0 amide bonds. The van der Waals surface area contributed by atoms with Crippen molar-refractivity contribution in [3.63, 3.8) is 0 Å². The zero-order valence-corrected chi connectivity index (χ0v) is 11.8. The first kappa shape index (κ1) is 13.8. The van der Waals surface area contributed by atoms with E-state index in [0.29, 0.717) is 0 Å². The summed E-state index contributed by atoms with van der Waals surface area (Å²) in [6, 6.07) is 7.79. The highest BCUT2D eigenvalue weighted by atomic mass is 35.5. The van der Waals surface area contributed by atoms with Crippen LogP contribution in [0, 0.1) is 13.8 Å². The molecule has 0 spiro atoms. The second-order valence-electron chi connectivity index (χ2n) is 3.69. The summed E-state index contributed by atoms with van der Waals surface area (Å²) < 4.78 is 1.89. The first-order chi connectivity index (χ1) is 8.09. The van der Waals surface area contributed by atoms with Gasteiger partial charge in [0, 0.05) is 23.3 Å². The van der Waals surface area contributed by atoms with Gasteiger partial charge < -0.3 is 0 Å². The molecule has 0 N–H and O–H groups in total. The van der Waals surface area contributed by atoms with Gasteiger partial charge in [0.15, 0.2) is 0 Å². The highest BCUT2D eigenvalue weighted by Crippen LogP contribution is 2.25. The van der Waals surface area contributed by atoms with Crippen molar-refractivity contribution in [2.75, 3.05) is 0 Å². The summed E-state index contributed by atoms with van der Waals surface area (Å²) in [5.74, 6) is 0. The molecule has 0 unspecified atom stereocenters. The fourth-order valence-electron chi connectivity index (χ4n) is 1.62. The molecule has 0 fully saturated rings. The Kier molecular flexibility index (Phi) is 4.76. The summed E-state index contributed by atoms with van der Waals surface area (Å²) >= 11 is 5.96. The lowest BCUT2D eigenvalue weighted by Crippen LogP contribution is -1.92. The summed E-state index contributed by atoms with van der Waals surface area (Å²) in [6.07, 6.45) is 0. The number of aromatic nitrogens is 2. The lowest BCUT2D eigenvalue weighted by molar-refractivity contribution is 0.741. The molecule has 92 valence electrons. The smallest absolute Gasteiger partial charge is 0.0955 e. The van der Waals surface area contributed by atoms with E-state index in [1.807, 2.05) is 49.8 Å². The van der Waals surface area contributed by atoms with Gasteiger partial charge in [-0.3, -0.25) is 4.68 Å². The standard InChI is InChI=1S/C12H13ClN2.C2H6/c1-8-9(2)15(3)14-12(8)10-5-4-6-11(13)7-10;1-2/h4-7H,1-3H3;1-2H3. The first-order valence-corrected chi connectivity index (χ1v) is 6.23. The fraction of sp³-hybridized carbons (Fsp3) is 0.357. The van der Waals surface area contributed by atoms with Crippen LogP contribution in [0.1, 0.15) is 25.1 Å². The molecule has 0 aliphatic heterocycles. The first-order valence-electron chi connectivity index (χ1n) is 5.85. The topological polar surface area (TPSA) is 17.8 Å². The molecule has 0 saturated heterocycles. The Bertz CT molecular complexity index is 501. The summed E-state index contributed by atoms with van der Waals surface area (Å²) in [7, 11) is 1.95. The molecule has 0 radical (unpaired) electrons. The van der Waals surface area contributed by atoms with Gasteiger partial charge in [-0.1, -0.05) is 37.6 Å². The van der Waals surface area contributed by atoms with Crippen LogP contribution in [-0.2, 0) is 7.05 Å². The molecular weight excluding hydrogens is 232 g/mol. The van der Waals surface area contributed by atoms with E-state index in [0.717, 1.165) is 16.3 Å². The SMILES string of the molecule is CC.Cc1c(-c2cccc(Cl)c2)nn(C)c1C. The van der Waals surface area contributed by atoms with E-state index >= 15 is 0 Å². The Balaban J connectivity index is 0.000000686. The Morgan fingerprint density at radius 3 is 2.29 bits per heavy atom. The van der Waals surface area contributed by atoms with Crippen molar-refractivity contribution in [3.05, 3.63) is 40.5 Å². The second-order valence-corrected chi connectivity index (χ2v) is 4.13.